The minimum Gasteiger partial charge on any atom is -0.394 e. The normalized spacial score (nSPS) is 19.5. The molecule has 0 radical (unpaired) electrons. The first kappa shape index (κ1) is 39.1. The maximum absolute atomic E-state index is 9.20. The molecular weight excluding hydrogens is 518 g/mol. The fourth-order valence-corrected chi connectivity index (χ4v) is 4.31. The van der Waals surface area contributed by atoms with Gasteiger partial charge in [0.25, 0.3) is 0 Å². The molecule has 2 aromatic heterocycles. The minimum absolute atomic E-state index is 0.126. The summed E-state index contributed by atoms with van der Waals surface area (Å²) in [5.74, 6) is 2.11. The van der Waals surface area contributed by atoms with Crippen LogP contribution in [0.5, 0.6) is 0 Å². The van der Waals surface area contributed by atoms with Gasteiger partial charge in [-0.1, -0.05) is 41.5 Å². The molecule has 0 aromatic carbocycles. The van der Waals surface area contributed by atoms with Crippen molar-refractivity contribution in [3.63, 3.8) is 0 Å². The van der Waals surface area contributed by atoms with Crippen LogP contribution in [0.1, 0.15) is 85.3 Å². The molecule has 6 atom stereocenters. The summed E-state index contributed by atoms with van der Waals surface area (Å²) in [7, 11) is 1.93. The molecule has 0 amide bonds. The molecule has 0 aliphatic carbocycles. The molecule has 41 heavy (non-hydrogen) atoms. The molecule has 0 saturated carbocycles. The van der Waals surface area contributed by atoms with Crippen molar-refractivity contribution < 1.29 is 20.4 Å². The maximum Gasteiger partial charge on any atom is 0.0948 e. The highest BCUT2D eigenvalue weighted by atomic mass is 16.3. The zero-order chi connectivity index (χ0) is 31.2. The Morgan fingerprint density at radius 2 is 1.49 bits per heavy atom. The van der Waals surface area contributed by atoms with Crippen LogP contribution in [-0.4, -0.2) is 110 Å². The van der Waals surface area contributed by atoms with Gasteiger partial charge < -0.3 is 34.8 Å². The van der Waals surface area contributed by atoms with Crippen LogP contribution in [-0.2, 0) is 0 Å². The Balaban J connectivity index is 0.000000523. The van der Waals surface area contributed by atoms with Crippen molar-refractivity contribution in [1.82, 2.24) is 24.3 Å². The van der Waals surface area contributed by atoms with Gasteiger partial charge in [-0.3, -0.25) is 4.98 Å². The van der Waals surface area contributed by atoms with E-state index in [4.69, 9.17) is 15.3 Å². The van der Waals surface area contributed by atoms with E-state index in [-0.39, 0.29) is 13.2 Å². The van der Waals surface area contributed by atoms with Crippen LogP contribution in [0.4, 0.5) is 0 Å². The second-order valence-electron chi connectivity index (χ2n) is 11.5. The Morgan fingerprint density at radius 1 is 0.902 bits per heavy atom. The van der Waals surface area contributed by atoms with Crippen molar-refractivity contribution in [1.29, 1.82) is 0 Å². The third-order valence-electron chi connectivity index (χ3n) is 7.59. The van der Waals surface area contributed by atoms with Gasteiger partial charge in [-0.15, -0.1) is 0 Å². The summed E-state index contributed by atoms with van der Waals surface area (Å²) in [6, 6.07) is 4.75. The largest absolute Gasteiger partial charge is 0.394 e. The van der Waals surface area contributed by atoms with Gasteiger partial charge in [-0.25, -0.2) is 4.98 Å². The van der Waals surface area contributed by atoms with Crippen LogP contribution in [0.2, 0.25) is 0 Å². The number of pyridine rings is 1. The third-order valence-corrected chi connectivity index (χ3v) is 7.59. The number of hydrogen-bond acceptors (Lipinski definition) is 8. The molecule has 2 aromatic rings. The molecule has 1 fully saturated rings. The summed E-state index contributed by atoms with van der Waals surface area (Å²) in [5.41, 5.74) is 1.39. The predicted octanol–water partition coefficient (Wildman–Crippen LogP) is 4.06. The van der Waals surface area contributed by atoms with Gasteiger partial charge >= 0.3 is 0 Å². The second-order valence-corrected chi connectivity index (χ2v) is 11.5. The van der Waals surface area contributed by atoms with Crippen LogP contribution >= 0.6 is 0 Å². The Labute approximate surface area is 250 Å². The average Bonchev–Trinajstić information content (AvgIpc) is 3.63. The Bertz CT molecular complexity index is 817. The lowest BCUT2D eigenvalue weighted by Gasteiger charge is -2.17. The highest BCUT2D eigenvalue weighted by Gasteiger charge is 2.26. The van der Waals surface area contributed by atoms with Gasteiger partial charge in [0.15, 0.2) is 0 Å². The first-order valence-electron chi connectivity index (χ1n) is 15.4. The van der Waals surface area contributed by atoms with Crippen LogP contribution in [0.25, 0.3) is 0 Å². The first-order valence-corrected chi connectivity index (χ1v) is 15.4. The smallest absolute Gasteiger partial charge is 0.0948 e. The molecule has 6 unspecified atom stereocenters. The molecule has 3 heterocycles. The van der Waals surface area contributed by atoms with E-state index in [1.54, 1.807) is 0 Å². The van der Waals surface area contributed by atoms with Gasteiger partial charge in [0, 0.05) is 57.0 Å². The summed E-state index contributed by atoms with van der Waals surface area (Å²) in [6.45, 7) is 19.3. The van der Waals surface area contributed by atoms with Crippen molar-refractivity contribution in [3.8, 4) is 0 Å². The Morgan fingerprint density at radius 3 is 1.93 bits per heavy atom. The lowest BCUT2D eigenvalue weighted by atomic mass is 10.0. The summed E-state index contributed by atoms with van der Waals surface area (Å²) >= 11 is 0. The van der Waals surface area contributed by atoms with Crippen LogP contribution in [0, 0.1) is 11.8 Å². The standard InChI is InChI=1S/C9H19NO2.C9H13N.C7H12N2.C7H17NO2/c1-7-3-10(4-8(7)2)5-9(12)6-11;1-3-8(2)9-4-6-10-7-5-9;1-3-7(2)9-5-4-8-6-9;1-3-4-8(2)5-7(10)6-9/h7-9,11-12H,3-6H2,1-2H3;4-8H,3H2,1-2H3;4-7H,3H2,1-2H3;7,9-10H,3-6H2,1-2H3. The molecule has 1 aliphatic heterocycles. The van der Waals surface area contributed by atoms with Gasteiger partial charge in [0.2, 0.25) is 0 Å². The van der Waals surface area contributed by atoms with E-state index in [1.165, 1.54) is 12.0 Å². The number of aliphatic hydroxyl groups excluding tert-OH is 4. The van der Waals surface area contributed by atoms with Crippen molar-refractivity contribution >= 4 is 0 Å². The van der Waals surface area contributed by atoms with E-state index in [9.17, 15) is 5.11 Å². The van der Waals surface area contributed by atoms with E-state index in [0.29, 0.717) is 25.0 Å². The quantitative estimate of drug-likeness (QED) is 0.297. The summed E-state index contributed by atoms with van der Waals surface area (Å²) < 4.78 is 2.11. The lowest BCUT2D eigenvalue weighted by Crippen LogP contribution is -2.32. The molecule has 9 nitrogen and oxygen atoms in total. The number of imidazole rings is 1. The van der Waals surface area contributed by atoms with E-state index < -0.39 is 12.2 Å². The molecule has 1 aliphatic rings. The predicted molar refractivity (Wildman–Crippen MR) is 169 cm³/mol. The number of nitrogens with zero attached hydrogens (tertiary/aromatic N) is 5. The molecular formula is C32H61N5O4. The zero-order valence-electron chi connectivity index (χ0n) is 27.1. The number of likely N-dealkylation sites (tertiary alicyclic amines) is 1. The van der Waals surface area contributed by atoms with Crippen LogP contribution in [0.15, 0.2) is 43.2 Å². The SMILES string of the molecule is CC1CN(CC(O)CO)CC1C.CCC(C)c1ccncc1.CCC(C)n1ccnc1.CCCN(C)CC(O)CO. The highest BCUT2D eigenvalue weighted by Crippen LogP contribution is 2.21. The van der Waals surface area contributed by atoms with Gasteiger partial charge in [0.1, 0.15) is 0 Å². The summed E-state index contributed by atoms with van der Waals surface area (Å²) in [5, 5.41) is 35.3. The molecule has 9 heteroatoms. The summed E-state index contributed by atoms with van der Waals surface area (Å²) in [4.78, 5) is 12.1. The van der Waals surface area contributed by atoms with Crippen molar-refractivity contribution in [2.45, 2.75) is 91.9 Å². The van der Waals surface area contributed by atoms with Crippen molar-refractivity contribution in [2.75, 3.05) is 53.0 Å². The zero-order valence-corrected chi connectivity index (χ0v) is 27.1. The fourth-order valence-electron chi connectivity index (χ4n) is 4.31. The number of likely N-dealkylation sites (N-methyl/N-ethyl adjacent to an activating group) is 1. The van der Waals surface area contributed by atoms with Gasteiger partial charge in [-0.05, 0) is 75.2 Å². The van der Waals surface area contributed by atoms with Crippen molar-refractivity contribution in [3.05, 3.63) is 48.8 Å². The molecule has 3 rings (SSSR count). The summed E-state index contributed by atoms with van der Waals surface area (Å²) in [6.07, 6.45) is 11.6. The van der Waals surface area contributed by atoms with E-state index in [0.717, 1.165) is 44.3 Å². The van der Waals surface area contributed by atoms with Gasteiger partial charge in [-0.2, -0.15) is 0 Å². The van der Waals surface area contributed by atoms with Gasteiger partial charge in [0.05, 0.1) is 31.7 Å². The monoisotopic (exact) mass is 579 g/mol. The molecule has 0 spiro atoms. The number of aromatic nitrogens is 3. The van der Waals surface area contributed by atoms with Crippen LogP contribution < -0.4 is 0 Å². The Kier molecular flexibility index (Phi) is 22.6. The van der Waals surface area contributed by atoms with E-state index in [2.05, 4.69) is 80.0 Å². The molecule has 1 saturated heterocycles. The number of β-amino-alcohol motifs (C(OH)–C–C–N with tert-alkyl or cyclic N) is 1. The fraction of sp³-hybridized carbons (Fsp3) is 0.750. The first-order chi connectivity index (χ1) is 19.5. The number of rotatable bonds is 12. The van der Waals surface area contributed by atoms with E-state index in [1.807, 2.05) is 43.1 Å². The van der Waals surface area contributed by atoms with Crippen molar-refractivity contribution in [2.24, 2.45) is 11.8 Å². The number of aliphatic hydroxyl groups is 4. The highest BCUT2D eigenvalue weighted by molar-refractivity contribution is 5.14. The number of hydrogen-bond donors (Lipinski definition) is 4. The van der Waals surface area contributed by atoms with Crippen LogP contribution in [0.3, 0.4) is 0 Å². The lowest BCUT2D eigenvalue weighted by molar-refractivity contribution is 0.0647. The Hall–Kier alpha value is -1.88. The molecule has 0 bridgehead atoms. The maximum atomic E-state index is 9.20. The average molecular weight is 580 g/mol. The molecule has 238 valence electrons. The van der Waals surface area contributed by atoms with E-state index >= 15 is 0 Å². The molecule has 4 N–H and O–H groups in total. The second kappa shape index (κ2) is 23.7. The minimum atomic E-state index is -0.587. The third kappa shape index (κ3) is 18.3. The topological polar surface area (TPSA) is 118 Å².